The largest absolute Gasteiger partial charge is 0.496 e. The van der Waals surface area contributed by atoms with Crippen molar-refractivity contribution in [3.8, 4) is 5.75 Å². The van der Waals surface area contributed by atoms with Gasteiger partial charge in [-0.1, -0.05) is 11.6 Å². The smallest absolute Gasteiger partial charge is 0.268 e. The molecule has 0 spiro atoms. The van der Waals surface area contributed by atoms with Crippen molar-refractivity contribution in [2.24, 2.45) is 0 Å². The number of ether oxygens (including phenoxy) is 1. The van der Waals surface area contributed by atoms with Gasteiger partial charge in [-0.3, -0.25) is 9.36 Å². The Labute approximate surface area is 124 Å². The first-order chi connectivity index (χ1) is 9.02. The van der Waals surface area contributed by atoms with Gasteiger partial charge >= 0.3 is 0 Å². The van der Waals surface area contributed by atoms with Crippen molar-refractivity contribution in [1.29, 1.82) is 0 Å². The number of hydrogen-bond acceptors (Lipinski definition) is 3. The van der Waals surface area contributed by atoms with Crippen LogP contribution in [0.2, 0.25) is 5.02 Å². The number of rotatable bonds is 3. The molecule has 0 fully saturated rings. The molecule has 4 nitrogen and oxygen atoms in total. The second kappa shape index (κ2) is 5.75. The molecule has 0 radical (unpaired) electrons. The molecule has 0 saturated heterocycles. The van der Waals surface area contributed by atoms with Gasteiger partial charge in [-0.15, -0.1) is 0 Å². The minimum absolute atomic E-state index is 0.130. The van der Waals surface area contributed by atoms with Crippen molar-refractivity contribution in [3.05, 3.63) is 55.6 Å². The Hall–Kier alpha value is -1.33. The maximum atomic E-state index is 12.1. The van der Waals surface area contributed by atoms with E-state index in [1.807, 2.05) is 0 Å². The highest BCUT2D eigenvalue weighted by Crippen LogP contribution is 2.23. The summed E-state index contributed by atoms with van der Waals surface area (Å²) in [4.78, 5) is 16.2. The van der Waals surface area contributed by atoms with E-state index in [1.54, 1.807) is 36.8 Å². The number of hydrogen-bond donors (Lipinski definition) is 0. The number of methoxy groups -OCH3 is 1. The highest BCUT2D eigenvalue weighted by atomic mass is 79.9. The Morgan fingerprint density at radius 1 is 1.47 bits per heavy atom. The van der Waals surface area contributed by atoms with Gasteiger partial charge in [0.2, 0.25) is 0 Å². The van der Waals surface area contributed by atoms with Gasteiger partial charge in [0, 0.05) is 16.8 Å². The first-order valence-corrected chi connectivity index (χ1v) is 6.74. The van der Waals surface area contributed by atoms with Gasteiger partial charge < -0.3 is 4.74 Å². The quantitative estimate of drug-likeness (QED) is 0.860. The van der Waals surface area contributed by atoms with Crippen LogP contribution in [-0.2, 0) is 6.54 Å². The summed E-state index contributed by atoms with van der Waals surface area (Å²) >= 11 is 9.17. The van der Waals surface area contributed by atoms with E-state index in [9.17, 15) is 4.79 Å². The van der Waals surface area contributed by atoms with E-state index in [0.29, 0.717) is 27.6 Å². The summed E-state index contributed by atoms with van der Waals surface area (Å²) in [5.41, 5.74) is 0.703. The summed E-state index contributed by atoms with van der Waals surface area (Å²) in [7, 11) is 1.58. The van der Waals surface area contributed by atoms with Crippen LogP contribution in [0, 0.1) is 6.92 Å². The van der Waals surface area contributed by atoms with E-state index >= 15 is 0 Å². The standard InChI is InChI=1S/C13H12BrClN2O2/c1-8-16-6-11(14)13(18)17(8)7-9-5-10(15)3-4-12(9)19-2/h3-6H,7H2,1-2H3. The van der Waals surface area contributed by atoms with Crippen LogP contribution < -0.4 is 10.3 Å². The molecule has 0 saturated carbocycles. The van der Waals surface area contributed by atoms with Crippen LogP contribution in [0.5, 0.6) is 5.75 Å². The average Bonchev–Trinajstić information content (AvgIpc) is 2.39. The molecule has 0 aliphatic rings. The molecular weight excluding hydrogens is 332 g/mol. The number of aromatic nitrogens is 2. The fourth-order valence-electron chi connectivity index (χ4n) is 1.78. The van der Waals surface area contributed by atoms with E-state index in [2.05, 4.69) is 20.9 Å². The van der Waals surface area contributed by atoms with E-state index in [1.165, 1.54) is 6.20 Å². The van der Waals surface area contributed by atoms with Crippen molar-refractivity contribution in [1.82, 2.24) is 9.55 Å². The highest BCUT2D eigenvalue weighted by molar-refractivity contribution is 9.10. The predicted molar refractivity (Wildman–Crippen MR) is 78.0 cm³/mol. The molecule has 2 rings (SSSR count). The third-order valence-electron chi connectivity index (χ3n) is 2.78. The molecule has 100 valence electrons. The topological polar surface area (TPSA) is 44.1 Å². The minimum Gasteiger partial charge on any atom is -0.496 e. The van der Waals surface area contributed by atoms with E-state index in [4.69, 9.17) is 16.3 Å². The SMILES string of the molecule is COc1ccc(Cl)cc1Cn1c(C)ncc(Br)c1=O. The first-order valence-electron chi connectivity index (χ1n) is 5.57. The summed E-state index contributed by atoms with van der Waals surface area (Å²) in [6.45, 7) is 2.14. The Morgan fingerprint density at radius 2 is 2.21 bits per heavy atom. The van der Waals surface area contributed by atoms with E-state index in [0.717, 1.165) is 5.56 Å². The molecule has 2 aromatic rings. The van der Waals surface area contributed by atoms with E-state index in [-0.39, 0.29) is 5.56 Å². The molecule has 19 heavy (non-hydrogen) atoms. The molecule has 0 bridgehead atoms. The average molecular weight is 344 g/mol. The lowest BCUT2D eigenvalue weighted by atomic mass is 10.2. The molecular formula is C13H12BrClN2O2. The van der Waals surface area contributed by atoms with Gasteiger partial charge in [0.05, 0.1) is 13.7 Å². The van der Waals surface area contributed by atoms with E-state index < -0.39 is 0 Å². The Bertz CT molecular complexity index is 670. The molecule has 1 aromatic heterocycles. The Kier molecular flexibility index (Phi) is 4.27. The van der Waals surface area contributed by atoms with Crippen LogP contribution in [0.25, 0.3) is 0 Å². The number of nitrogens with zero attached hydrogens (tertiary/aromatic N) is 2. The minimum atomic E-state index is -0.130. The molecule has 6 heteroatoms. The van der Waals surface area contributed by atoms with Crippen LogP contribution >= 0.6 is 27.5 Å². The molecule has 0 N–H and O–H groups in total. The number of halogens is 2. The maximum Gasteiger partial charge on any atom is 0.268 e. The zero-order valence-electron chi connectivity index (χ0n) is 10.5. The highest BCUT2D eigenvalue weighted by Gasteiger charge is 2.10. The fraction of sp³-hybridized carbons (Fsp3) is 0.231. The van der Waals surface area contributed by atoms with Gasteiger partial charge in [0.25, 0.3) is 5.56 Å². The van der Waals surface area contributed by atoms with Gasteiger partial charge in [0.1, 0.15) is 16.0 Å². The second-order valence-corrected chi connectivity index (χ2v) is 5.29. The van der Waals surface area contributed by atoms with Crippen LogP contribution in [0.1, 0.15) is 11.4 Å². The van der Waals surface area contributed by atoms with Gasteiger partial charge in [-0.2, -0.15) is 0 Å². The summed E-state index contributed by atoms with van der Waals surface area (Å²) in [6.07, 6.45) is 1.50. The Morgan fingerprint density at radius 3 is 2.89 bits per heavy atom. The summed E-state index contributed by atoms with van der Waals surface area (Å²) < 4.78 is 7.27. The molecule has 0 amide bonds. The zero-order chi connectivity index (χ0) is 14.0. The van der Waals surface area contributed by atoms with Crippen molar-refractivity contribution in [3.63, 3.8) is 0 Å². The normalized spacial score (nSPS) is 10.5. The van der Waals surface area contributed by atoms with Gasteiger partial charge in [-0.25, -0.2) is 4.98 Å². The fourth-order valence-corrected chi connectivity index (χ4v) is 2.29. The molecule has 0 aliphatic heterocycles. The van der Waals surface area contributed by atoms with Crippen LogP contribution in [0.15, 0.2) is 33.7 Å². The maximum absolute atomic E-state index is 12.1. The number of benzene rings is 1. The Balaban J connectivity index is 2.50. The van der Waals surface area contributed by atoms with Crippen molar-refractivity contribution >= 4 is 27.5 Å². The monoisotopic (exact) mass is 342 g/mol. The van der Waals surface area contributed by atoms with Crippen LogP contribution in [0.3, 0.4) is 0 Å². The molecule has 1 aromatic carbocycles. The van der Waals surface area contributed by atoms with Crippen molar-refractivity contribution in [2.75, 3.05) is 7.11 Å². The van der Waals surface area contributed by atoms with Gasteiger partial charge in [-0.05, 0) is 41.1 Å². The lowest BCUT2D eigenvalue weighted by molar-refractivity contribution is 0.407. The molecule has 1 heterocycles. The van der Waals surface area contributed by atoms with Crippen LogP contribution in [0.4, 0.5) is 0 Å². The second-order valence-electron chi connectivity index (χ2n) is 4.00. The summed E-state index contributed by atoms with van der Waals surface area (Å²) in [6, 6.07) is 5.31. The third kappa shape index (κ3) is 2.98. The summed E-state index contributed by atoms with van der Waals surface area (Å²) in [5, 5.41) is 0.601. The molecule has 0 atom stereocenters. The first kappa shape index (κ1) is 14.1. The zero-order valence-corrected chi connectivity index (χ0v) is 12.8. The predicted octanol–water partition coefficient (Wildman–Crippen LogP) is 3.02. The summed E-state index contributed by atoms with van der Waals surface area (Å²) in [5.74, 6) is 1.32. The van der Waals surface area contributed by atoms with Gasteiger partial charge in [0.15, 0.2) is 0 Å². The number of aryl methyl sites for hydroxylation is 1. The van der Waals surface area contributed by atoms with Crippen molar-refractivity contribution in [2.45, 2.75) is 13.5 Å². The third-order valence-corrected chi connectivity index (χ3v) is 3.55. The molecule has 0 unspecified atom stereocenters. The lowest BCUT2D eigenvalue weighted by Gasteiger charge is -2.12. The lowest BCUT2D eigenvalue weighted by Crippen LogP contribution is -2.24. The van der Waals surface area contributed by atoms with Crippen molar-refractivity contribution < 1.29 is 4.74 Å². The molecule has 0 aliphatic carbocycles. The van der Waals surface area contributed by atoms with Crippen LogP contribution in [-0.4, -0.2) is 16.7 Å².